The Kier molecular flexibility index (Phi) is 3.35. The molecule has 0 saturated carbocycles. The summed E-state index contributed by atoms with van der Waals surface area (Å²) in [6, 6.07) is 8.54. The van der Waals surface area contributed by atoms with Crippen LogP contribution < -0.4 is 10.5 Å². The molecule has 1 aliphatic rings. The van der Waals surface area contributed by atoms with Crippen LogP contribution in [0, 0.1) is 0 Å². The Morgan fingerprint density at radius 2 is 2.15 bits per heavy atom. The fourth-order valence-corrected chi connectivity index (χ4v) is 3.91. The fraction of sp³-hybridized carbons (Fsp3) is 0.412. The van der Waals surface area contributed by atoms with Gasteiger partial charge < -0.3 is 10.5 Å². The normalized spacial score (nSPS) is 17.6. The molecule has 2 aromatic rings. The van der Waals surface area contributed by atoms with Gasteiger partial charge in [0, 0.05) is 11.3 Å². The van der Waals surface area contributed by atoms with Crippen LogP contribution in [-0.4, -0.2) is 5.60 Å². The molecule has 1 aliphatic heterocycles. The molecule has 20 heavy (non-hydrogen) atoms. The summed E-state index contributed by atoms with van der Waals surface area (Å²) in [5.41, 5.74) is 10.2. The Hall–Kier alpha value is -1.32. The van der Waals surface area contributed by atoms with E-state index in [-0.39, 0.29) is 11.6 Å². The van der Waals surface area contributed by atoms with Crippen LogP contribution in [0.5, 0.6) is 5.75 Å². The first-order chi connectivity index (χ1) is 9.50. The maximum absolute atomic E-state index is 6.47. The molecular weight excluding hydrogens is 266 g/mol. The number of nitrogens with two attached hydrogens (primary N) is 1. The summed E-state index contributed by atoms with van der Waals surface area (Å²) >= 11 is 1.75. The van der Waals surface area contributed by atoms with Crippen LogP contribution in [0.25, 0.3) is 0 Å². The van der Waals surface area contributed by atoms with Crippen molar-refractivity contribution in [3.05, 3.63) is 51.2 Å². The van der Waals surface area contributed by atoms with E-state index in [0.29, 0.717) is 0 Å². The summed E-state index contributed by atoms with van der Waals surface area (Å²) in [7, 11) is 0. The van der Waals surface area contributed by atoms with Gasteiger partial charge in [0.25, 0.3) is 0 Å². The number of hydrogen-bond acceptors (Lipinski definition) is 3. The lowest BCUT2D eigenvalue weighted by atomic mass is 9.96. The average molecular weight is 287 g/mol. The monoisotopic (exact) mass is 287 g/mol. The predicted molar refractivity (Wildman–Crippen MR) is 84.6 cm³/mol. The second-order valence-corrected chi connectivity index (χ2v) is 6.99. The van der Waals surface area contributed by atoms with Crippen LogP contribution in [0.3, 0.4) is 0 Å². The number of hydrogen-bond donors (Lipinski definition) is 1. The Morgan fingerprint density at radius 3 is 2.90 bits per heavy atom. The fourth-order valence-electron chi connectivity index (χ4n) is 2.89. The zero-order valence-corrected chi connectivity index (χ0v) is 13.1. The van der Waals surface area contributed by atoms with E-state index in [0.717, 1.165) is 18.6 Å². The summed E-state index contributed by atoms with van der Waals surface area (Å²) in [6.45, 7) is 6.43. The highest BCUT2D eigenvalue weighted by molar-refractivity contribution is 7.10. The first-order valence-corrected chi connectivity index (χ1v) is 8.02. The molecule has 0 radical (unpaired) electrons. The molecule has 1 unspecified atom stereocenters. The molecule has 0 spiro atoms. The van der Waals surface area contributed by atoms with Crippen LogP contribution in [0.1, 0.15) is 48.4 Å². The van der Waals surface area contributed by atoms with Crippen LogP contribution >= 0.6 is 11.3 Å². The van der Waals surface area contributed by atoms with Gasteiger partial charge in [0.05, 0.1) is 6.04 Å². The van der Waals surface area contributed by atoms with Gasteiger partial charge in [0.2, 0.25) is 0 Å². The second-order valence-electron chi connectivity index (χ2n) is 6.05. The number of aryl methyl sites for hydroxylation is 1. The Morgan fingerprint density at radius 1 is 1.35 bits per heavy atom. The van der Waals surface area contributed by atoms with Crippen molar-refractivity contribution in [2.45, 2.75) is 45.3 Å². The van der Waals surface area contributed by atoms with Crippen LogP contribution in [0.2, 0.25) is 0 Å². The lowest BCUT2D eigenvalue weighted by molar-refractivity contribution is 0.138. The first-order valence-electron chi connectivity index (χ1n) is 7.14. The summed E-state index contributed by atoms with van der Waals surface area (Å²) in [6.07, 6.45) is 1.99. The molecule has 1 atom stereocenters. The third-order valence-corrected chi connectivity index (χ3v) is 4.93. The highest BCUT2D eigenvalue weighted by Gasteiger charge is 2.30. The smallest absolute Gasteiger partial charge is 0.123 e. The van der Waals surface area contributed by atoms with Gasteiger partial charge in [0.15, 0.2) is 0 Å². The highest BCUT2D eigenvalue weighted by Crippen LogP contribution is 2.37. The van der Waals surface area contributed by atoms with Crippen LogP contribution in [0.4, 0.5) is 0 Å². The molecule has 3 rings (SSSR count). The van der Waals surface area contributed by atoms with Gasteiger partial charge in [-0.3, -0.25) is 0 Å². The van der Waals surface area contributed by atoms with Crippen molar-refractivity contribution in [3.63, 3.8) is 0 Å². The second kappa shape index (κ2) is 4.90. The van der Waals surface area contributed by atoms with Gasteiger partial charge in [-0.25, -0.2) is 0 Å². The van der Waals surface area contributed by atoms with Crippen molar-refractivity contribution in [1.82, 2.24) is 0 Å². The minimum Gasteiger partial charge on any atom is -0.487 e. The van der Waals surface area contributed by atoms with E-state index in [1.807, 2.05) is 0 Å². The zero-order valence-electron chi connectivity index (χ0n) is 12.3. The quantitative estimate of drug-likeness (QED) is 0.923. The third kappa shape index (κ3) is 2.36. The van der Waals surface area contributed by atoms with E-state index in [1.165, 1.54) is 21.6 Å². The molecule has 3 heteroatoms. The SMILES string of the molecule is CCc1ccsc1C(N)c1ccc2c(c1)CC(C)(C)O2. The predicted octanol–water partition coefficient (Wildman–Crippen LogP) is 4.07. The van der Waals surface area contributed by atoms with Crippen LogP contribution in [0.15, 0.2) is 29.6 Å². The van der Waals surface area contributed by atoms with E-state index in [1.54, 1.807) is 11.3 Å². The number of rotatable bonds is 3. The highest BCUT2D eigenvalue weighted by atomic mass is 32.1. The Balaban J connectivity index is 1.93. The van der Waals surface area contributed by atoms with Crippen molar-refractivity contribution in [2.75, 3.05) is 0 Å². The van der Waals surface area contributed by atoms with E-state index >= 15 is 0 Å². The van der Waals surface area contributed by atoms with E-state index in [2.05, 4.69) is 50.4 Å². The van der Waals surface area contributed by atoms with Gasteiger partial charge in [-0.2, -0.15) is 0 Å². The van der Waals surface area contributed by atoms with Gasteiger partial charge in [-0.05, 0) is 54.5 Å². The largest absolute Gasteiger partial charge is 0.487 e. The molecule has 0 saturated heterocycles. The van der Waals surface area contributed by atoms with Gasteiger partial charge in [0.1, 0.15) is 11.4 Å². The molecular formula is C17H21NOS. The summed E-state index contributed by atoms with van der Waals surface area (Å²) in [4.78, 5) is 1.28. The average Bonchev–Trinajstić information content (AvgIpc) is 2.98. The summed E-state index contributed by atoms with van der Waals surface area (Å²) < 4.78 is 5.93. The molecule has 1 aromatic heterocycles. The molecule has 0 fully saturated rings. The summed E-state index contributed by atoms with van der Waals surface area (Å²) in [5, 5.41) is 2.13. The number of thiophene rings is 1. The standard InChI is InChI=1S/C17H21NOS/c1-4-11-7-8-20-16(11)15(18)12-5-6-14-13(9-12)10-17(2,3)19-14/h5-9,15H,4,10,18H2,1-3H3. The molecule has 106 valence electrons. The Bertz CT molecular complexity index is 630. The lowest BCUT2D eigenvalue weighted by Gasteiger charge is -2.16. The number of benzene rings is 1. The van der Waals surface area contributed by atoms with E-state index in [9.17, 15) is 0 Å². The van der Waals surface area contributed by atoms with Gasteiger partial charge in [-0.15, -0.1) is 11.3 Å². The van der Waals surface area contributed by atoms with Crippen molar-refractivity contribution in [3.8, 4) is 5.75 Å². The molecule has 0 bridgehead atoms. The van der Waals surface area contributed by atoms with Crippen molar-refractivity contribution in [2.24, 2.45) is 5.73 Å². The van der Waals surface area contributed by atoms with Crippen molar-refractivity contribution in [1.29, 1.82) is 0 Å². The Labute approximate surface area is 124 Å². The van der Waals surface area contributed by atoms with Gasteiger partial charge in [-0.1, -0.05) is 19.1 Å². The minimum absolute atomic E-state index is 0.0287. The zero-order chi connectivity index (χ0) is 14.3. The van der Waals surface area contributed by atoms with Crippen molar-refractivity contribution >= 4 is 11.3 Å². The molecule has 2 N–H and O–H groups in total. The molecule has 2 heterocycles. The van der Waals surface area contributed by atoms with Crippen molar-refractivity contribution < 1.29 is 4.74 Å². The maximum atomic E-state index is 6.47. The number of fused-ring (bicyclic) bond motifs is 1. The molecule has 1 aromatic carbocycles. The van der Waals surface area contributed by atoms with E-state index in [4.69, 9.17) is 10.5 Å². The third-order valence-electron chi connectivity index (χ3n) is 3.89. The lowest BCUT2D eigenvalue weighted by Crippen LogP contribution is -2.24. The first kappa shape index (κ1) is 13.7. The van der Waals surface area contributed by atoms with Crippen LogP contribution in [-0.2, 0) is 12.8 Å². The maximum Gasteiger partial charge on any atom is 0.123 e. The number of ether oxygens (including phenoxy) is 1. The summed E-state index contributed by atoms with van der Waals surface area (Å²) in [5.74, 6) is 1.01. The minimum atomic E-state index is -0.0947. The topological polar surface area (TPSA) is 35.2 Å². The molecule has 2 nitrogen and oxygen atoms in total. The van der Waals surface area contributed by atoms with E-state index < -0.39 is 0 Å². The molecule has 0 amide bonds. The van der Waals surface area contributed by atoms with Gasteiger partial charge >= 0.3 is 0 Å². The molecule has 0 aliphatic carbocycles.